The molecule has 78 valence electrons. The quantitative estimate of drug-likeness (QED) is 0.679. The Morgan fingerprint density at radius 3 is 2.33 bits per heavy atom. The molecule has 0 aliphatic heterocycles. The molecule has 2 aromatic rings. The molecule has 0 amide bonds. The molecule has 0 fully saturated rings. The number of fused-ring (bicyclic) bond motifs is 1. The summed E-state index contributed by atoms with van der Waals surface area (Å²) in [5.74, 6) is 0. The van der Waals surface area contributed by atoms with Gasteiger partial charge in [0.05, 0.1) is 0 Å². The van der Waals surface area contributed by atoms with Crippen LogP contribution in [0.5, 0.6) is 0 Å². The number of aryl methyl sites for hydroxylation is 1. The molecule has 0 saturated heterocycles. The van der Waals surface area contributed by atoms with Gasteiger partial charge in [0.2, 0.25) is 0 Å². The van der Waals surface area contributed by atoms with E-state index in [1.54, 1.807) is 0 Å². The first-order valence-electron chi connectivity index (χ1n) is 5.27. The Morgan fingerprint density at radius 2 is 1.67 bits per heavy atom. The third-order valence-electron chi connectivity index (χ3n) is 2.98. The number of hydrogen-bond acceptors (Lipinski definition) is 1. The van der Waals surface area contributed by atoms with Gasteiger partial charge < -0.3 is 4.90 Å². The zero-order chi connectivity index (χ0) is 11.0. The molecule has 0 bridgehead atoms. The molecule has 0 aliphatic rings. The standard InChI is InChI=1S/C14H17N/c1-10-9-12-7-5-6-8-13(12)14(11(10)2)15(3)4/h5-9H,1-4H3. The topological polar surface area (TPSA) is 3.24 Å². The van der Waals surface area contributed by atoms with Gasteiger partial charge in [-0.15, -0.1) is 0 Å². The molecule has 0 N–H and O–H groups in total. The zero-order valence-corrected chi connectivity index (χ0v) is 9.83. The molecule has 0 unspecified atom stereocenters. The second kappa shape index (κ2) is 3.58. The molecular weight excluding hydrogens is 182 g/mol. The third-order valence-corrected chi connectivity index (χ3v) is 2.98. The lowest BCUT2D eigenvalue weighted by Gasteiger charge is -2.20. The maximum Gasteiger partial charge on any atom is 0.0473 e. The van der Waals surface area contributed by atoms with E-state index in [1.807, 2.05) is 0 Å². The second-order valence-electron chi connectivity index (χ2n) is 4.28. The van der Waals surface area contributed by atoms with Crippen LogP contribution in [0.25, 0.3) is 10.8 Å². The fraction of sp³-hybridized carbons (Fsp3) is 0.286. The number of benzene rings is 2. The van der Waals surface area contributed by atoms with Crippen LogP contribution in [0.3, 0.4) is 0 Å². The van der Waals surface area contributed by atoms with E-state index in [1.165, 1.54) is 27.6 Å². The number of anilines is 1. The summed E-state index contributed by atoms with van der Waals surface area (Å²) in [6, 6.07) is 10.8. The van der Waals surface area contributed by atoms with Crippen molar-refractivity contribution >= 4 is 16.5 Å². The minimum Gasteiger partial charge on any atom is -0.377 e. The Labute approximate surface area is 91.3 Å². The van der Waals surface area contributed by atoms with Gasteiger partial charge in [0.1, 0.15) is 0 Å². The monoisotopic (exact) mass is 199 g/mol. The van der Waals surface area contributed by atoms with E-state index in [0.717, 1.165) is 0 Å². The van der Waals surface area contributed by atoms with Crippen LogP contribution in [0.1, 0.15) is 11.1 Å². The summed E-state index contributed by atoms with van der Waals surface area (Å²) in [4.78, 5) is 2.20. The van der Waals surface area contributed by atoms with Gasteiger partial charge in [-0.2, -0.15) is 0 Å². The van der Waals surface area contributed by atoms with Gasteiger partial charge in [-0.3, -0.25) is 0 Å². The number of nitrogens with zero attached hydrogens (tertiary/aromatic N) is 1. The Balaban J connectivity index is 2.89. The van der Waals surface area contributed by atoms with Crippen molar-refractivity contribution in [3.05, 3.63) is 41.5 Å². The van der Waals surface area contributed by atoms with Crippen molar-refractivity contribution in [1.29, 1.82) is 0 Å². The van der Waals surface area contributed by atoms with Crippen LogP contribution in [-0.4, -0.2) is 14.1 Å². The molecule has 0 aromatic heterocycles. The highest BCUT2D eigenvalue weighted by Gasteiger charge is 2.08. The first-order valence-corrected chi connectivity index (χ1v) is 5.27. The molecule has 1 heteroatoms. The van der Waals surface area contributed by atoms with Crippen LogP contribution >= 0.6 is 0 Å². The predicted octanol–water partition coefficient (Wildman–Crippen LogP) is 3.52. The van der Waals surface area contributed by atoms with Gasteiger partial charge in [0, 0.05) is 25.2 Å². The Kier molecular flexibility index (Phi) is 2.39. The molecule has 2 rings (SSSR count). The Hall–Kier alpha value is -1.50. The summed E-state index contributed by atoms with van der Waals surface area (Å²) in [5.41, 5.74) is 4.07. The minimum atomic E-state index is 1.32. The summed E-state index contributed by atoms with van der Waals surface area (Å²) < 4.78 is 0. The molecule has 15 heavy (non-hydrogen) atoms. The van der Waals surface area contributed by atoms with Crippen molar-refractivity contribution in [2.75, 3.05) is 19.0 Å². The van der Waals surface area contributed by atoms with Crippen molar-refractivity contribution in [1.82, 2.24) is 0 Å². The highest BCUT2D eigenvalue weighted by molar-refractivity contribution is 5.96. The summed E-state index contributed by atoms with van der Waals surface area (Å²) in [5, 5.41) is 2.66. The summed E-state index contributed by atoms with van der Waals surface area (Å²) in [6.07, 6.45) is 0. The Bertz CT molecular complexity index is 498. The normalized spacial score (nSPS) is 10.7. The minimum absolute atomic E-state index is 1.32. The van der Waals surface area contributed by atoms with E-state index in [4.69, 9.17) is 0 Å². The molecule has 0 aliphatic carbocycles. The van der Waals surface area contributed by atoms with E-state index >= 15 is 0 Å². The van der Waals surface area contributed by atoms with Crippen LogP contribution in [-0.2, 0) is 0 Å². The molecule has 2 aromatic carbocycles. The first kappa shape index (κ1) is 10.0. The fourth-order valence-corrected chi connectivity index (χ4v) is 2.15. The van der Waals surface area contributed by atoms with Gasteiger partial charge in [0.25, 0.3) is 0 Å². The maximum atomic E-state index is 2.26. The van der Waals surface area contributed by atoms with Crippen LogP contribution in [0.2, 0.25) is 0 Å². The first-order chi connectivity index (χ1) is 7.11. The smallest absolute Gasteiger partial charge is 0.0473 e. The van der Waals surface area contributed by atoms with E-state index in [-0.39, 0.29) is 0 Å². The molecule has 0 radical (unpaired) electrons. The zero-order valence-electron chi connectivity index (χ0n) is 9.83. The van der Waals surface area contributed by atoms with Crippen molar-refractivity contribution in [2.24, 2.45) is 0 Å². The van der Waals surface area contributed by atoms with Crippen LogP contribution in [0.4, 0.5) is 5.69 Å². The van der Waals surface area contributed by atoms with E-state index in [0.29, 0.717) is 0 Å². The van der Waals surface area contributed by atoms with Crippen molar-refractivity contribution < 1.29 is 0 Å². The number of hydrogen-bond donors (Lipinski definition) is 0. The Morgan fingerprint density at radius 1 is 1.00 bits per heavy atom. The fourth-order valence-electron chi connectivity index (χ4n) is 2.15. The molecule has 0 heterocycles. The average Bonchev–Trinajstić information content (AvgIpc) is 2.19. The highest BCUT2D eigenvalue weighted by atomic mass is 15.1. The summed E-state index contributed by atoms with van der Waals surface area (Å²) >= 11 is 0. The predicted molar refractivity (Wildman–Crippen MR) is 67.7 cm³/mol. The maximum absolute atomic E-state index is 2.26. The number of rotatable bonds is 1. The lowest BCUT2D eigenvalue weighted by Crippen LogP contribution is -2.11. The van der Waals surface area contributed by atoms with Crippen LogP contribution in [0.15, 0.2) is 30.3 Å². The lowest BCUT2D eigenvalue weighted by atomic mass is 9.99. The average molecular weight is 199 g/mol. The van der Waals surface area contributed by atoms with E-state index in [2.05, 4.69) is 63.2 Å². The molecule has 0 atom stereocenters. The summed E-state index contributed by atoms with van der Waals surface area (Å²) in [6.45, 7) is 4.37. The highest BCUT2D eigenvalue weighted by Crippen LogP contribution is 2.31. The third kappa shape index (κ3) is 1.58. The van der Waals surface area contributed by atoms with E-state index < -0.39 is 0 Å². The molecular formula is C14H17N. The van der Waals surface area contributed by atoms with Gasteiger partial charge in [-0.25, -0.2) is 0 Å². The van der Waals surface area contributed by atoms with Crippen molar-refractivity contribution in [3.63, 3.8) is 0 Å². The van der Waals surface area contributed by atoms with Gasteiger partial charge in [-0.1, -0.05) is 30.3 Å². The van der Waals surface area contributed by atoms with Gasteiger partial charge in [-0.05, 0) is 30.4 Å². The summed E-state index contributed by atoms with van der Waals surface area (Å²) in [7, 11) is 4.21. The molecule has 0 saturated carbocycles. The van der Waals surface area contributed by atoms with E-state index in [9.17, 15) is 0 Å². The molecule has 1 nitrogen and oxygen atoms in total. The van der Waals surface area contributed by atoms with Crippen LogP contribution < -0.4 is 4.90 Å². The van der Waals surface area contributed by atoms with Gasteiger partial charge >= 0.3 is 0 Å². The van der Waals surface area contributed by atoms with Crippen molar-refractivity contribution in [2.45, 2.75) is 13.8 Å². The van der Waals surface area contributed by atoms with Crippen molar-refractivity contribution in [3.8, 4) is 0 Å². The van der Waals surface area contributed by atoms with Gasteiger partial charge in [0.15, 0.2) is 0 Å². The SMILES string of the molecule is Cc1cc2ccccc2c(N(C)C)c1C. The largest absolute Gasteiger partial charge is 0.377 e. The second-order valence-corrected chi connectivity index (χ2v) is 4.28. The van der Waals surface area contributed by atoms with Crippen LogP contribution in [0, 0.1) is 13.8 Å². The lowest BCUT2D eigenvalue weighted by molar-refractivity contribution is 1.12. The molecule has 0 spiro atoms.